The van der Waals surface area contributed by atoms with Crippen LogP contribution in [0.3, 0.4) is 0 Å². The number of benzene rings is 1. The van der Waals surface area contributed by atoms with Crippen LogP contribution in [0.1, 0.15) is 44.4 Å². The molecule has 0 saturated heterocycles. The van der Waals surface area contributed by atoms with Crippen LogP contribution in [0.15, 0.2) is 24.3 Å². The normalized spacial score (nSPS) is 16.5. The summed E-state index contributed by atoms with van der Waals surface area (Å²) in [5, 5.41) is 12.8. The first-order valence-corrected chi connectivity index (χ1v) is 6.52. The van der Waals surface area contributed by atoms with Crippen LogP contribution in [0.25, 0.3) is 0 Å². The molecule has 2 nitrogen and oxygen atoms in total. The fourth-order valence-electron chi connectivity index (χ4n) is 1.89. The highest BCUT2D eigenvalue weighted by Gasteiger charge is 2.16. The molecule has 3 atom stereocenters. The third kappa shape index (κ3) is 4.14. The van der Waals surface area contributed by atoms with Crippen molar-refractivity contribution >= 4 is 0 Å². The second-order valence-electron chi connectivity index (χ2n) is 4.99. The van der Waals surface area contributed by atoms with Crippen LogP contribution in [-0.2, 0) is 0 Å². The Balaban J connectivity index is 2.68. The van der Waals surface area contributed by atoms with E-state index in [4.69, 9.17) is 5.11 Å². The van der Waals surface area contributed by atoms with E-state index in [1.807, 2.05) is 0 Å². The minimum atomic E-state index is 0.235. The van der Waals surface area contributed by atoms with Crippen molar-refractivity contribution in [1.29, 1.82) is 0 Å². The highest BCUT2D eigenvalue weighted by molar-refractivity contribution is 5.24. The molecule has 0 bridgehead atoms. The lowest BCUT2D eigenvalue weighted by Gasteiger charge is -2.26. The maximum Gasteiger partial charge on any atom is 0.0471 e. The van der Waals surface area contributed by atoms with E-state index in [0.29, 0.717) is 12.1 Å². The van der Waals surface area contributed by atoms with E-state index in [2.05, 4.69) is 57.3 Å². The summed E-state index contributed by atoms with van der Waals surface area (Å²) < 4.78 is 0. The summed E-state index contributed by atoms with van der Waals surface area (Å²) in [4.78, 5) is 0. The summed E-state index contributed by atoms with van der Waals surface area (Å²) in [7, 11) is 0. The molecule has 2 heteroatoms. The number of hydrogen-bond acceptors (Lipinski definition) is 2. The Morgan fingerprint density at radius 3 is 2.24 bits per heavy atom. The van der Waals surface area contributed by atoms with Gasteiger partial charge in [0.15, 0.2) is 0 Å². The molecule has 0 aromatic heterocycles. The summed E-state index contributed by atoms with van der Waals surface area (Å²) in [5.41, 5.74) is 2.62. The second-order valence-corrected chi connectivity index (χ2v) is 4.99. The highest BCUT2D eigenvalue weighted by atomic mass is 16.3. The molecule has 0 heterocycles. The SMILES string of the molecule is CCC(NC(C)C(C)CO)c1ccc(C)cc1. The lowest BCUT2D eigenvalue weighted by atomic mass is 9.99. The van der Waals surface area contributed by atoms with E-state index in [1.54, 1.807) is 0 Å². The predicted molar refractivity (Wildman–Crippen MR) is 73.1 cm³/mol. The van der Waals surface area contributed by atoms with Gasteiger partial charge in [-0.1, -0.05) is 43.7 Å². The van der Waals surface area contributed by atoms with Crippen LogP contribution in [0.4, 0.5) is 0 Å². The number of hydrogen-bond donors (Lipinski definition) is 2. The smallest absolute Gasteiger partial charge is 0.0471 e. The standard InChI is InChI=1S/C15H25NO/c1-5-15(16-13(4)12(3)10-17)14-8-6-11(2)7-9-14/h6-9,12-13,15-17H,5,10H2,1-4H3. The zero-order valence-corrected chi connectivity index (χ0v) is 11.4. The van der Waals surface area contributed by atoms with Crippen LogP contribution in [0.2, 0.25) is 0 Å². The number of nitrogens with one attached hydrogen (secondary N) is 1. The summed E-state index contributed by atoms with van der Waals surface area (Å²) in [6.07, 6.45) is 1.06. The molecule has 96 valence electrons. The Morgan fingerprint density at radius 2 is 1.76 bits per heavy atom. The molecular formula is C15H25NO. The third-order valence-corrected chi connectivity index (χ3v) is 3.49. The van der Waals surface area contributed by atoms with Crippen molar-refractivity contribution in [3.8, 4) is 0 Å². The molecule has 17 heavy (non-hydrogen) atoms. The third-order valence-electron chi connectivity index (χ3n) is 3.49. The molecule has 0 fully saturated rings. The second kappa shape index (κ2) is 6.77. The van der Waals surface area contributed by atoms with Crippen LogP contribution in [0.5, 0.6) is 0 Å². The van der Waals surface area contributed by atoms with E-state index in [9.17, 15) is 0 Å². The Morgan fingerprint density at radius 1 is 1.18 bits per heavy atom. The molecule has 0 aliphatic heterocycles. The Labute approximate surface area is 105 Å². The molecule has 1 aromatic rings. The van der Waals surface area contributed by atoms with E-state index < -0.39 is 0 Å². The van der Waals surface area contributed by atoms with E-state index in [-0.39, 0.29) is 12.5 Å². The van der Waals surface area contributed by atoms with Gasteiger partial charge >= 0.3 is 0 Å². The van der Waals surface area contributed by atoms with Crippen LogP contribution in [-0.4, -0.2) is 17.8 Å². The number of rotatable bonds is 6. The topological polar surface area (TPSA) is 32.3 Å². The van der Waals surface area contributed by atoms with Gasteiger partial charge in [-0.15, -0.1) is 0 Å². The Kier molecular flexibility index (Phi) is 5.66. The average Bonchev–Trinajstić information content (AvgIpc) is 2.35. The van der Waals surface area contributed by atoms with Crippen molar-refractivity contribution in [2.75, 3.05) is 6.61 Å². The van der Waals surface area contributed by atoms with Crippen LogP contribution in [0, 0.1) is 12.8 Å². The van der Waals surface area contributed by atoms with E-state index in [0.717, 1.165) is 6.42 Å². The van der Waals surface area contributed by atoms with Gasteiger partial charge in [0.25, 0.3) is 0 Å². The number of aryl methyl sites for hydroxylation is 1. The zero-order valence-electron chi connectivity index (χ0n) is 11.4. The minimum Gasteiger partial charge on any atom is -0.396 e. The Bertz CT molecular complexity index is 320. The molecule has 0 radical (unpaired) electrons. The highest BCUT2D eigenvalue weighted by Crippen LogP contribution is 2.19. The Hall–Kier alpha value is -0.860. The first-order valence-electron chi connectivity index (χ1n) is 6.52. The van der Waals surface area contributed by atoms with Crippen LogP contribution >= 0.6 is 0 Å². The fourth-order valence-corrected chi connectivity index (χ4v) is 1.89. The molecule has 0 amide bonds. The van der Waals surface area contributed by atoms with Crippen molar-refractivity contribution in [1.82, 2.24) is 5.32 Å². The van der Waals surface area contributed by atoms with E-state index >= 15 is 0 Å². The van der Waals surface area contributed by atoms with Crippen molar-refractivity contribution < 1.29 is 5.11 Å². The molecule has 1 rings (SSSR count). The monoisotopic (exact) mass is 235 g/mol. The van der Waals surface area contributed by atoms with Gasteiger partial charge in [-0.3, -0.25) is 0 Å². The lowest BCUT2D eigenvalue weighted by molar-refractivity contribution is 0.200. The van der Waals surface area contributed by atoms with Gasteiger partial charge < -0.3 is 10.4 Å². The van der Waals surface area contributed by atoms with Crippen LogP contribution < -0.4 is 5.32 Å². The maximum absolute atomic E-state index is 9.16. The van der Waals surface area contributed by atoms with Gasteiger partial charge in [0.05, 0.1) is 0 Å². The zero-order chi connectivity index (χ0) is 12.8. The van der Waals surface area contributed by atoms with E-state index in [1.165, 1.54) is 11.1 Å². The quantitative estimate of drug-likeness (QED) is 0.794. The molecule has 0 spiro atoms. The average molecular weight is 235 g/mol. The first kappa shape index (κ1) is 14.2. The summed E-state index contributed by atoms with van der Waals surface area (Å²) in [6.45, 7) is 8.73. The van der Waals surface area contributed by atoms with Gasteiger partial charge in [-0.2, -0.15) is 0 Å². The maximum atomic E-state index is 9.16. The molecule has 2 N–H and O–H groups in total. The first-order chi connectivity index (χ1) is 8.08. The van der Waals surface area contributed by atoms with Crippen molar-refractivity contribution in [3.05, 3.63) is 35.4 Å². The summed E-state index contributed by atoms with van der Waals surface area (Å²) in [5.74, 6) is 0.287. The molecule has 3 unspecified atom stereocenters. The van der Waals surface area contributed by atoms with Crippen molar-refractivity contribution in [2.24, 2.45) is 5.92 Å². The molecule has 1 aromatic carbocycles. The molecule has 0 aliphatic rings. The minimum absolute atomic E-state index is 0.235. The molecular weight excluding hydrogens is 210 g/mol. The number of aliphatic hydroxyl groups is 1. The number of aliphatic hydroxyl groups excluding tert-OH is 1. The summed E-state index contributed by atoms with van der Waals surface area (Å²) >= 11 is 0. The lowest BCUT2D eigenvalue weighted by Crippen LogP contribution is -2.36. The summed E-state index contributed by atoms with van der Waals surface area (Å²) in [6, 6.07) is 9.38. The van der Waals surface area contributed by atoms with Gasteiger partial charge in [0.2, 0.25) is 0 Å². The molecule has 0 saturated carbocycles. The van der Waals surface area contributed by atoms with Gasteiger partial charge in [0.1, 0.15) is 0 Å². The molecule has 0 aliphatic carbocycles. The van der Waals surface area contributed by atoms with Gasteiger partial charge in [-0.25, -0.2) is 0 Å². The van der Waals surface area contributed by atoms with Crippen molar-refractivity contribution in [2.45, 2.75) is 46.2 Å². The van der Waals surface area contributed by atoms with Gasteiger partial charge in [-0.05, 0) is 31.7 Å². The van der Waals surface area contributed by atoms with Gasteiger partial charge in [0, 0.05) is 18.7 Å². The predicted octanol–water partition coefficient (Wildman–Crippen LogP) is 3.05. The largest absolute Gasteiger partial charge is 0.396 e. The van der Waals surface area contributed by atoms with Crippen molar-refractivity contribution in [3.63, 3.8) is 0 Å². The fraction of sp³-hybridized carbons (Fsp3) is 0.600.